The summed E-state index contributed by atoms with van der Waals surface area (Å²) in [4.78, 5) is 10.6. The first-order valence-electron chi connectivity index (χ1n) is 4.24. The first-order chi connectivity index (χ1) is 7.18. The van der Waals surface area contributed by atoms with E-state index in [1.54, 1.807) is 6.07 Å². The quantitative estimate of drug-likeness (QED) is 0.821. The van der Waals surface area contributed by atoms with E-state index in [0.29, 0.717) is 11.1 Å². The molecule has 76 valence electrons. The van der Waals surface area contributed by atoms with E-state index >= 15 is 0 Å². The third-order valence-electron chi connectivity index (χ3n) is 2.05. The van der Waals surface area contributed by atoms with Gasteiger partial charge in [-0.15, -0.1) is 0 Å². The van der Waals surface area contributed by atoms with Gasteiger partial charge in [0.1, 0.15) is 5.82 Å². The average Bonchev–Trinajstić information content (AvgIpc) is 2.69. The van der Waals surface area contributed by atoms with Crippen molar-refractivity contribution in [1.29, 1.82) is 0 Å². The molecule has 0 aliphatic carbocycles. The van der Waals surface area contributed by atoms with E-state index in [9.17, 15) is 9.18 Å². The molecule has 3 nitrogen and oxygen atoms in total. The van der Waals surface area contributed by atoms with Gasteiger partial charge in [-0.1, -0.05) is 6.07 Å². The lowest BCUT2D eigenvalue weighted by atomic mass is 10.1. The second-order valence-corrected chi connectivity index (χ2v) is 3.01. The summed E-state index contributed by atoms with van der Waals surface area (Å²) < 4.78 is 18.1. The maximum absolute atomic E-state index is 13.3. The SMILES string of the molecule is O=C(O)c1ccc(-c2ccoc2)cc1F. The number of rotatable bonds is 2. The highest BCUT2D eigenvalue weighted by Crippen LogP contribution is 2.22. The highest BCUT2D eigenvalue weighted by molar-refractivity contribution is 5.88. The first kappa shape index (κ1) is 9.45. The van der Waals surface area contributed by atoms with Crippen molar-refractivity contribution in [2.24, 2.45) is 0 Å². The van der Waals surface area contributed by atoms with Crippen LogP contribution in [0.15, 0.2) is 41.2 Å². The molecule has 1 heterocycles. The fraction of sp³-hybridized carbons (Fsp3) is 0. The highest BCUT2D eigenvalue weighted by atomic mass is 19.1. The molecule has 0 aliphatic rings. The number of hydrogen-bond acceptors (Lipinski definition) is 2. The Morgan fingerprint density at radius 2 is 2.07 bits per heavy atom. The molecule has 15 heavy (non-hydrogen) atoms. The molecule has 0 aliphatic heterocycles. The predicted molar refractivity (Wildman–Crippen MR) is 51.1 cm³/mol. The zero-order valence-corrected chi connectivity index (χ0v) is 7.61. The molecular weight excluding hydrogens is 199 g/mol. The summed E-state index contributed by atoms with van der Waals surface area (Å²) in [5, 5.41) is 8.63. The Labute approximate surface area is 84.8 Å². The normalized spacial score (nSPS) is 10.2. The number of carbonyl (C=O) groups is 1. The van der Waals surface area contributed by atoms with Crippen molar-refractivity contribution in [3.63, 3.8) is 0 Å². The van der Waals surface area contributed by atoms with Crippen LogP contribution in [0.4, 0.5) is 4.39 Å². The summed E-state index contributed by atoms with van der Waals surface area (Å²) in [6.07, 6.45) is 2.94. The number of halogens is 1. The largest absolute Gasteiger partial charge is 0.478 e. The van der Waals surface area contributed by atoms with Crippen LogP contribution < -0.4 is 0 Å². The average molecular weight is 206 g/mol. The minimum atomic E-state index is -1.27. The van der Waals surface area contributed by atoms with Crippen LogP contribution >= 0.6 is 0 Å². The van der Waals surface area contributed by atoms with Crippen LogP contribution in [0.1, 0.15) is 10.4 Å². The van der Waals surface area contributed by atoms with Gasteiger partial charge in [0.25, 0.3) is 0 Å². The fourth-order valence-electron chi connectivity index (χ4n) is 1.30. The first-order valence-corrected chi connectivity index (χ1v) is 4.24. The molecule has 0 unspecified atom stereocenters. The number of aromatic carboxylic acids is 1. The van der Waals surface area contributed by atoms with Gasteiger partial charge in [-0.3, -0.25) is 0 Å². The molecule has 0 fully saturated rings. The lowest BCUT2D eigenvalue weighted by Gasteiger charge is -2.00. The maximum atomic E-state index is 13.3. The number of hydrogen-bond donors (Lipinski definition) is 1. The third-order valence-corrected chi connectivity index (χ3v) is 2.05. The maximum Gasteiger partial charge on any atom is 0.338 e. The van der Waals surface area contributed by atoms with Gasteiger partial charge in [-0.25, -0.2) is 9.18 Å². The number of benzene rings is 1. The van der Waals surface area contributed by atoms with Gasteiger partial charge in [0.15, 0.2) is 0 Å². The summed E-state index contributed by atoms with van der Waals surface area (Å²) in [5.41, 5.74) is 0.972. The summed E-state index contributed by atoms with van der Waals surface area (Å²) in [6, 6.07) is 5.63. The van der Waals surface area contributed by atoms with E-state index in [0.717, 1.165) is 0 Å². The van der Waals surface area contributed by atoms with E-state index < -0.39 is 11.8 Å². The van der Waals surface area contributed by atoms with Gasteiger partial charge in [0.05, 0.1) is 18.1 Å². The molecule has 1 aromatic heterocycles. The molecular formula is C11H7FO3. The molecule has 0 radical (unpaired) electrons. The number of carboxylic acid groups (broad SMARTS) is 1. The molecule has 0 atom stereocenters. The molecule has 0 bridgehead atoms. The van der Waals surface area contributed by atoms with Crippen LogP contribution in [0.25, 0.3) is 11.1 Å². The minimum Gasteiger partial charge on any atom is -0.478 e. The highest BCUT2D eigenvalue weighted by Gasteiger charge is 2.11. The second kappa shape index (κ2) is 3.57. The van der Waals surface area contributed by atoms with Crippen LogP contribution in [0, 0.1) is 5.82 Å². The Morgan fingerprint density at radius 3 is 2.60 bits per heavy atom. The minimum absolute atomic E-state index is 0.331. The molecule has 2 rings (SSSR count). The Hall–Kier alpha value is -2.10. The van der Waals surface area contributed by atoms with E-state index in [1.165, 1.54) is 30.7 Å². The molecule has 0 saturated heterocycles. The molecule has 4 heteroatoms. The molecule has 0 amide bonds. The van der Waals surface area contributed by atoms with Crippen LogP contribution in [0.5, 0.6) is 0 Å². The number of carboxylic acids is 1. The van der Waals surface area contributed by atoms with Gasteiger partial charge in [-0.05, 0) is 23.8 Å². The predicted octanol–water partition coefficient (Wildman–Crippen LogP) is 2.78. The van der Waals surface area contributed by atoms with Gasteiger partial charge in [0, 0.05) is 5.56 Å². The topological polar surface area (TPSA) is 50.4 Å². The van der Waals surface area contributed by atoms with E-state index in [1.807, 2.05) is 0 Å². The van der Waals surface area contributed by atoms with Crippen molar-refractivity contribution in [2.75, 3.05) is 0 Å². The van der Waals surface area contributed by atoms with Gasteiger partial charge in [0.2, 0.25) is 0 Å². The third kappa shape index (κ3) is 1.74. The smallest absolute Gasteiger partial charge is 0.338 e. The van der Waals surface area contributed by atoms with E-state index in [2.05, 4.69) is 0 Å². The Balaban J connectivity index is 2.47. The van der Waals surface area contributed by atoms with Crippen LogP contribution in [0.3, 0.4) is 0 Å². The standard InChI is InChI=1S/C11H7FO3/c12-10-5-7(8-3-4-15-6-8)1-2-9(10)11(13)14/h1-6H,(H,13,14). The van der Waals surface area contributed by atoms with Crippen LogP contribution in [-0.2, 0) is 0 Å². The summed E-state index contributed by atoms with van der Waals surface area (Å²) in [7, 11) is 0. The van der Waals surface area contributed by atoms with Crippen LogP contribution in [-0.4, -0.2) is 11.1 Å². The fourth-order valence-corrected chi connectivity index (χ4v) is 1.30. The number of furan rings is 1. The van der Waals surface area contributed by atoms with E-state index in [4.69, 9.17) is 9.52 Å². The van der Waals surface area contributed by atoms with Gasteiger partial charge < -0.3 is 9.52 Å². The van der Waals surface area contributed by atoms with Crippen LogP contribution in [0.2, 0.25) is 0 Å². The van der Waals surface area contributed by atoms with Gasteiger partial charge >= 0.3 is 5.97 Å². The molecule has 2 aromatic rings. The van der Waals surface area contributed by atoms with Crippen molar-refractivity contribution in [2.45, 2.75) is 0 Å². The summed E-state index contributed by atoms with van der Waals surface area (Å²) in [6.45, 7) is 0. The van der Waals surface area contributed by atoms with Crippen molar-refractivity contribution in [1.82, 2.24) is 0 Å². The Bertz CT molecular complexity index is 489. The lowest BCUT2D eigenvalue weighted by molar-refractivity contribution is 0.0692. The summed E-state index contributed by atoms with van der Waals surface area (Å²) in [5.74, 6) is -2.02. The lowest BCUT2D eigenvalue weighted by Crippen LogP contribution is -1.99. The molecule has 1 N–H and O–H groups in total. The van der Waals surface area contributed by atoms with Gasteiger partial charge in [-0.2, -0.15) is 0 Å². The molecule has 0 saturated carbocycles. The summed E-state index contributed by atoms with van der Waals surface area (Å²) >= 11 is 0. The van der Waals surface area contributed by atoms with E-state index in [-0.39, 0.29) is 5.56 Å². The van der Waals surface area contributed by atoms with Crippen molar-refractivity contribution < 1.29 is 18.7 Å². The Kier molecular flexibility index (Phi) is 2.25. The van der Waals surface area contributed by atoms with Crippen molar-refractivity contribution in [3.8, 4) is 11.1 Å². The van der Waals surface area contributed by atoms with Crippen molar-refractivity contribution >= 4 is 5.97 Å². The zero-order chi connectivity index (χ0) is 10.8. The Morgan fingerprint density at radius 1 is 1.27 bits per heavy atom. The molecule has 0 spiro atoms. The zero-order valence-electron chi connectivity index (χ0n) is 7.61. The molecule has 1 aromatic carbocycles. The monoisotopic (exact) mass is 206 g/mol. The van der Waals surface area contributed by atoms with Crippen molar-refractivity contribution in [3.05, 3.63) is 48.2 Å². The second-order valence-electron chi connectivity index (χ2n) is 3.01.